The molecule has 0 fully saturated rings. The van der Waals surface area contributed by atoms with Crippen LogP contribution in [-0.4, -0.2) is 31.5 Å². The third-order valence-electron chi connectivity index (χ3n) is 2.91. The molecule has 0 radical (unpaired) electrons. The first-order chi connectivity index (χ1) is 9.07. The van der Waals surface area contributed by atoms with Crippen LogP contribution in [-0.2, 0) is 20.0 Å². The lowest BCUT2D eigenvalue weighted by atomic mass is 10.1. The fourth-order valence-electron chi connectivity index (χ4n) is 1.92. The van der Waals surface area contributed by atoms with Gasteiger partial charge in [0.05, 0.1) is 6.54 Å². The van der Waals surface area contributed by atoms with Crippen molar-refractivity contribution in [3.63, 3.8) is 0 Å². The third-order valence-corrected chi connectivity index (χ3v) is 5.00. The van der Waals surface area contributed by atoms with Gasteiger partial charge in [0.25, 0.3) is 0 Å². The maximum atomic E-state index is 12.5. The Kier molecular flexibility index (Phi) is 6.27. The molecular weight excluding hydrogens is 261 g/mol. The van der Waals surface area contributed by atoms with E-state index in [9.17, 15) is 4.57 Å². The molecule has 19 heavy (non-hydrogen) atoms. The zero-order chi connectivity index (χ0) is 14.3. The molecule has 0 N–H and O–H groups in total. The Morgan fingerprint density at radius 3 is 2.37 bits per heavy atom. The summed E-state index contributed by atoms with van der Waals surface area (Å²) >= 11 is 0. The van der Waals surface area contributed by atoms with Gasteiger partial charge < -0.3 is 0 Å². The number of terminal acetylenes is 1. The Morgan fingerprint density at radius 2 is 1.89 bits per heavy atom. The molecule has 1 rings (SSSR count). The fourth-order valence-corrected chi connectivity index (χ4v) is 3.31. The second-order valence-electron chi connectivity index (χ2n) is 4.17. The van der Waals surface area contributed by atoms with Gasteiger partial charge in [-0.2, -0.15) is 4.67 Å². The zero-order valence-corrected chi connectivity index (χ0v) is 12.5. The van der Waals surface area contributed by atoms with Gasteiger partial charge in [-0.05, 0) is 18.9 Å². The van der Waals surface area contributed by atoms with Crippen LogP contribution in [0.15, 0.2) is 30.3 Å². The molecule has 0 heterocycles. The Hall–Kier alpha value is -1.11. The van der Waals surface area contributed by atoms with Crippen LogP contribution in [0, 0.1) is 12.3 Å². The van der Waals surface area contributed by atoms with Gasteiger partial charge in [0.1, 0.15) is 0 Å². The quantitative estimate of drug-likeness (QED) is 0.569. The summed E-state index contributed by atoms with van der Waals surface area (Å²) in [5.74, 6) is 2.50. The van der Waals surface area contributed by atoms with Crippen LogP contribution in [0.3, 0.4) is 0 Å². The van der Waals surface area contributed by atoms with Gasteiger partial charge in [0, 0.05) is 20.3 Å². The van der Waals surface area contributed by atoms with Crippen molar-refractivity contribution in [3.8, 4) is 12.3 Å². The van der Waals surface area contributed by atoms with E-state index in [-0.39, 0.29) is 12.6 Å². The summed E-state index contributed by atoms with van der Waals surface area (Å²) < 4.78 is 24.1. The molecule has 0 amide bonds. The van der Waals surface area contributed by atoms with Crippen LogP contribution in [0.4, 0.5) is 0 Å². The number of nitrogens with zero attached hydrogens (tertiary/aromatic N) is 1. The first-order valence-electron chi connectivity index (χ1n) is 6.03. The van der Waals surface area contributed by atoms with Gasteiger partial charge >= 0.3 is 7.75 Å². The molecule has 0 aliphatic carbocycles. The number of rotatable bonds is 7. The van der Waals surface area contributed by atoms with Crippen LogP contribution in [0.25, 0.3) is 0 Å². The SMILES string of the molecule is C#CCN(C(C)Cc1ccccc1)P(=O)(OC)OC. The van der Waals surface area contributed by atoms with Gasteiger partial charge in [-0.15, -0.1) is 6.42 Å². The molecule has 1 unspecified atom stereocenters. The molecule has 1 aromatic carbocycles. The lowest BCUT2D eigenvalue weighted by Crippen LogP contribution is -2.33. The Bertz CT molecular complexity index is 461. The topological polar surface area (TPSA) is 38.8 Å². The highest BCUT2D eigenvalue weighted by Crippen LogP contribution is 2.51. The van der Waals surface area contributed by atoms with Crippen LogP contribution in [0.1, 0.15) is 12.5 Å². The molecule has 104 valence electrons. The molecule has 1 aromatic rings. The van der Waals surface area contributed by atoms with E-state index >= 15 is 0 Å². The summed E-state index contributed by atoms with van der Waals surface area (Å²) in [5.41, 5.74) is 1.15. The summed E-state index contributed by atoms with van der Waals surface area (Å²) in [5, 5.41) is 0. The van der Waals surface area contributed by atoms with Crippen molar-refractivity contribution in [3.05, 3.63) is 35.9 Å². The van der Waals surface area contributed by atoms with Gasteiger partial charge in [-0.3, -0.25) is 9.05 Å². The molecule has 0 saturated carbocycles. The zero-order valence-electron chi connectivity index (χ0n) is 11.6. The molecule has 0 aliphatic heterocycles. The summed E-state index contributed by atoms with van der Waals surface area (Å²) in [6.45, 7) is 2.17. The van der Waals surface area contributed by atoms with Crippen LogP contribution < -0.4 is 0 Å². The minimum Gasteiger partial charge on any atom is -0.300 e. The van der Waals surface area contributed by atoms with Crippen LogP contribution >= 0.6 is 7.75 Å². The van der Waals surface area contributed by atoms with E-state index in [0.717, 1.165) is 12.0 Å². The van der Waals surface area contributed by atoms with Crippen LogP contribution in [0.5, 0.6) is 0 Å². The lowest BCUT2D eigenvalue weighted by Gasteiger charge is -2.31. The molecule has 1 atom stereocenters. The maximum Gasteiger partial charge on any atom is 0.408 e. The molecule has 0 saturated heterocycles. The predicted octanol–water partition coefficient (Wildman–Crippen LogP) is 2.95. The fraction of sp³-hybridized carbons (Fsp3) is 0.429. The van der Waals surface area contributed by atoms with E-state index in [0.29, 0.717) is 0 Å². The second-order valence-corrected chi connectivity index (χ2v) is 6.36. The van der Waals surface area contributed by atoms with E-state index < -0.39 is 7.75 Å². The van der Waals surface area contributed by atoms with E-state index in [1.54, 1.807) is 4.67 Å². The minimum absolute atomic E-state index is 0.0517. The number of hydrogen-bond donors (Lipinski definition) is 0. The van der Waals surface area contributed by atoms with E-state index in [1.165, 1.54) is 14.2 Å². The van der Waals surface area contributed by atoms with Crippen molar-refractivity contribution in [2.45, 2.75) is 19.4 Å². The first-order valence-corrected chi connectivity index (χ1v) is 7.53. The minimum atomic E-state index is -3.31. The van der Waals surface area contributed by atoms with Crippen molar-refractivity contribution >= 4 is 7.75 Å². The molecule has 0 bridgehead atoms. The highest BCUT2D eigenvalue weighted by atomic mass is 31.2. The Labute approximate surface area is 115 Å². The third kappa shape index (κ3) is 4.19. The molecular formula is C14H20NO3P. The van der Waals surface area contributed by atoms with Crippen molar-refractivity contribution in [1.82, 2.24) is 4.67 Å². The van der Waals surface area contributed by atoms with Gasteiger partial charge in [0.2, 0.25) is 0 Å². The molecule has 0 aromatic heterocycles. The molecule has 0 aliphatic rings. The van der Waals surface area contributed by atoms with Gasteiger partial charge in [-0.1, -0.05) is 36.3 Å². The Balaban J connectivity index is 2.88. The van der Waals surface area contributed by atoms with E-state index in [4.69, 9.17) is 15.5 Å². The first kappa shape index (κ1) is 15.9. The summed E-state index contributed by atoms with van der Waals surface area (Å²) in [4.78, 5) is 0. The average molecular weight is 281 g/mol. The summed E-state index contributed by atoms with van der Waals surface area (Å²) in [6, 6.07) is 9.90. The monoisotopic (exact) mass is 281 g/mol. The largest absolute Gasteiger partial charge is 0.408 e. The van der Waals surface area contributed by atoms with Crippen molar-refractivity contribution in [2.24, 2.45) is 0 Å². The van der Waals surface area contributed by atoms with Crippen LogP contribution in [0.2, 0.25) is 0 Å². The predicted molar refractivity (Wildman–Crippen MR) is 76.8 cm³/mol. The maximum absolute atomic E-state index is 12.5. The number of benzene rings is 1. The second kappa shape index (κ2) is 7.47. The smallest absolute Gasteiger partial charge is 0.300 e. The average Bonchev–Trinajstić information content (AvgIpc) is 2.45. The molecule has 4 nitrogen and oxygen atoms in total. The lowest BCUT2D eigenvalue weighted by molar-refractivity contribution is 0.194. The molecule has 5 heteroatoms. The van der Waals surface area contributed by atoms with Crippen molar-refractivity contribution in [2.75, 3.05) is 20.8 Å². The van der Waals surface area contributed by atoms with Gasteiger partial charge in [-0.25, -0.2) is 4.57 Å². The highest BCUT2D eigenvalue weighted by Gasteiger charge is 2.34. The number of hydrogen-bond acceptors (Lipinski definition) is 3. The normalized spacial score (nSPS) is 13.2. The van der Waals surface area contributed by atoms with Crippen molar-refractivity contribution in [1.29, 1.82) is 0 Å². The summed E-state index contributed by atoms with van der Waals surface area (Å²) in [7, 11) is -0.582. The summed E-state index contributed by atoms with van der Waals surface area (Å²) in [6.07, 6.45) is 6.06. The Morgan fingerprint density at radius 1 is 1.32 bits per heavy atom. The van der Waals surface area contributed by atoms with Crippen molar-refractivity contribution < 1.29 is 13.6 Å². The molecule has 0 spiro atoms. The van der Waals surface area contributed by atoms with E-state index in [1.807, 2.05) is 37.3 Å². The van der Waals surface area contributed by atoms with Gasteiger partial charge in [0.15, 0.2) is 0 Å². The van der Waals surface area contributed by atoms with E-state index in [2.05, 4.69) is 5.92 Å². The highest BCUT2D eigenvalue weighted by molar-refractivity contribution is 7.51. The standard InChI is InChI=1S/C14H20NO3P/c1-5-11-15(19(16,17-3)18-4)13(2)12-14-9-7-6-8-10-14/h1,6-10,13H,11-12H2,2-4H3.